The van der Waals surface area contributed by atoms with Gasteiger partial charge >= 0.3 is 5.97 Å². The van der Waals surface area contributed by atoms with Crippen molar-refractivity contribution in [1.29, 1.82) is 0 Å². The lowest BCUT2D eigenvalue weighted by Gasteiger charge is -2.20. The number of carbonyl (C=O) groups excluding carboxylic acids is 3. The molecular weight excluding hydrogens is 410 g/mol. The van der Waals surface area contributed by atoms with Gasteiger partial charge < -0.3 is 26.8 Å². The third kappa shape index (κ3) is 7.75. The van der Waals surface area contributed by atoms with Crippen LogP contribution in [0.25, 0.3) is 0 Å². The van der Waals surface area contributed by atoms with E-state index in [1.807, 2.05) is 32.0 Å². The Morgan fingerprint density at radius 3 is 2.38 bits per heavy atom. The first-order valence-corrected chi connectivity index (χ1v) is 10.2. The molecule has 1 unspecified atom stereocenters. The Balaban J connectivity index is 2.07. The minimum absolute atomic E-state index is 0.0169. The van der Waals surface area contributed by atoms with E-state index in [4.69, 9.17) is 16.2 Å². The number of amides is 2. The fourth-order valence-corrected chi connectivity index (χ4v) is 3.22. The number of nitrogens with zero attached hydrogens (tertiary/aromatic N) is 1. The number of rotatable bonds is 9. The highest BCUT2D eigenvalue weighted by atomic mass is 16.5. The van der Waals surface area contributed by atoms with Crippen LogP contribution in [-0.2, 0) is 14.3 Å². The van der Waals surface area contributed by atoms with Crippen molar-refractivity contribution in [3.8, 4) is 0 Å². The Morgan fingerprint density at radius 2 is 1.75 bits per heavy atom. The van der Waals surface area contributed by atoms with E-state index in [2.05, 4.69) is 15.6 Å². The van der Waals surface area contributed by atoms with E-state index in [1.165, 1.54) is 6.07 Å². The maximum absolute atomic E-state index is 12.6. The Morgan fingerprint density at radius 1 is 1.06 bits per heavy atom. The molecule has 0 aliphatic heterocycles. The highest BCUT2D eigenvalue weighted by molar-refractivity contribution is 5.97. The number of hydrogen-bond donors (Lipinski definition) is 4. The van der Waals surface area contributed by atoms with E-state index in [1.54, 1.807) is 25.1 Å². The number of aliphatic imine (C=N–C) groups is 1. The summed E-state index contributed by atoms with van der Waals surface area (Å²) in [5, 5.41) is 5.37. The fourth-order valence-electron chi connectivity index (χ4n) is 3.22. The van der Waals surface area contributed by atoms with Crippen LogP contribution in [0.5, 0.6) is 0 Å². The molecule has 0 aromatic heterocycles. The van der Waals surface area contributed by atoms with Crippen LogP contribution < -0.4 is 22.1 Å². The molecule has 0 spiro atoms. The molecule has 32 heavy (non-hydrogen) atoms. The van der Waals surface area contributed by atoms with Gasteiger partial charge in [-0.05, 0) is 44.5 Å². The first-order valence-electron chi connectivity index (χ1n) is 10.2. The number of ether oxygens (including phenoxy) is 1. The van der Waals surface area contributed by atoms with Gasteiger partial charge in [0.25, 0.3) is 5.91 Å². The van der Waals surface area contributed by atoms with Gasteiger partial charge in [0.2, 0.25) is 5.91 Å². The number of aryl methyl sites for hydroxylation is 2. The van der Waals surface area contributed by atoms with Crippen molar-refractivity contribution in [2.45, 2.75) is 33.2 Å². The van der Waals surface area contributed by atoms with Crippen LogP contribution in [0.2, 0.25) is 0 Å². The van der Waals surface area contributed by atoms with E-state index in [9.17, 15) is 14.4 Å². The van der Waals surface area contributed by atoms with Gasteiger partial charge in [0, 0.05) is 5.56 Å². The summed E-state index contributed by atoms with van der Waals surface area (Å²) in [6.45, 7) is 5.59. The van der Waals surface area contributed by atoms with Crippen LogP contribution in [0.1, 0.15) is 46.4 Å². The minimum Gasteiger partial charge on any atom is -0.466 e. The molecule has 9 heteroatoms. The lowest BCUT2D eigenvalue weighted by molar-refractivity contribution is -0.143. The second-order valence-electron chi connectivity index (χ2n) is 7.32. The first-order chi connectivity index (χ1) is 15.2. The Bertz CT molecular complexity index is 995. The predicted molar refractivity (Wildman–Crippen MR) is 122 cm³/mol. The van der Waals surface area contributed by atoms with Gasteiger partial charge in [0.1, 0.15) is 0 Å². The van der Waals surface area contributed by atoms with Crippen LogP contribution >= 0.6 is 0 Å². The minimum atomic E-state index is -0.581. The monoisotopic (exact) mass is 439 g/mol. The second kappa shape index (κ2) is 11.5. The van der Waals surface area contributed by atoms with Gasteiger partial charge in [-0.1, -0.05) is 35.4 Å². The van der Waals surface area contributed by atoms with Gasteiger partial charge in [0.05, 0.1) is 31.3 Å². The van der Waals surface area contributed by atoms with Crippen molar-refractivity contribution in [3.05, 3.63) is 64.7 Å². The summed E-state index contributed by atoms with van der Waals surface area (Å²) in [5.74, 6) is -1.44. The normalized spacial score (nSPS) is 11.2. The van der Waals surface area contributed by atoms with Crippen molar-refractivity contribution >= 4 is 29.4 Å². The molecule has 9 nitrogen and oxygen atoms in total. The van der Waals surface area contributed by atoms with Gasteiger partial charge in [-0.2, -0.15) is 0 Å². The number of esters is 1. The quantitative estimate of drug-likeness (QED) is 0.266. The second-order valence-corrected chi connectivity index (χ2v) is 7.32. The molecule has 2 aromatic rings. The predicted octanol–water partition coefficient (Wildman–Crippen LogP) is 1.75. The van der Waals surface area contributed by atoms with E-state index in [-0.39, 0.29) is 25.5 Å². The zero-order valence-corrected chi connectivity index (χ0v) is 18.5. The highest BCUT2D eigenvalue weighted by Crippen LogP contribution is 2.21. The molecule has 2 aromatic carbocycles. The lowest BCUT2D eigenvalue weighted by Crippen LogP contribution is -2.39. The average molecular weight is 440 g/mol. The first kappa shape index (κ1) is 24.4. The molecule has 0 bridgehead atoms. The molecule has 2 rings (SSSR count). The third-order valence-electron chi connectivity index (χ3n) is 4.43. The molecule has 0 heterocycles. The molecule has 2 amide bonds. The van der Waals surface area contributed by atoms with Gasteiger partial charge in [-0.3, -0.25) is 14.4 Å². The van der Waals surface area contributed by atoms with E-state index in [0.717, 1.165) is 16.7 Å². The SMILES string of the molecule is CCOC(=O)CC(NC(=O)CNC(=O)c1cccc(N=C(N)N)c1)c1cc(C)cc(C)c1. The molecule has 0 saturated carbocycles. The smallest absolute Gasteiger partial charge is 0.308 e. The standard InChI is InChI=1S/C23H29N5O4/c1-4-32-21(30)12-19(17-9-14(2)8-15(3)10-17)28-20(29)13-26-22(31)16-6-5-7-18(11-16)27-23(24)25/h5-11,19H,4,12-13H2,1-3H3,(H,26,31)(H,28,29)(H4,24,25,27). The summed E-state index contributed by atoms with van der Waals surface area (Å²) in [6, 6.07) is 11.6. The Hall–Kier alpha value is -3.88. The van der Waals surface area contributed by atoms with Crippen molar-refractivity contribution in [2.75, 3.05) is 13.2 Å². The van der Waals surface area contributed by atoms with Crippen LogP contribution in [0.4, 0.5) is 5.69 Å². The van der Waals surface area contributed by atoms with Crippen LogP contribution in [-0.4, -0.2) is 36.9 Å². The third-order valence-corrected chi connectivity index (χ3v) is 4.43. The van der Waals surface area contributed by atoms with Crippen LogP contribution in [0.3, 0.4) is 0 Å². The summed E-state index contributed by atoms with van der Waals surface area (Å²) >= 11 is 0. The van der Waals surface area contributed by atoms with Crippen molar-refractivity contribution in [3.63, 3.8) is 0 Å². The zero-order valence-electron chi connectivity index (χ0n) is 18.5. The van der Waals surface area contributed by atoms with Crippen LogP contribution in [0.15, 0.2) is 47.5 Å². The largest absolute Gasteiger partial charge is 0.466 e. The molecule has 6 N–H and O–H groups in total. The summed E-state index contributed by atoms with van der Waals surface area (Å²) in [4.78, 5) is 40.9. The number of nitrogens with one attached hydrogen (secondary N) is 2. The number of hydrogen-bond acceptors (Lipinski definition) is 5. The molecule has 0 saturated heterocycles. The summed E-state index contributed by atoms with van der Waals surface area (Å²) in [7, 11) is 0. The maximum Gasteiger partial charge on any atom is 0.308 e. The molecule has 170 valence electrons. The molecule has 0 aliphatic rings. The Kier molecular flexibility index (Phi) is 8.76. The molecule has 0 fully saturated rings. The van der Waals surface area contributed by atoms with Gasteiger partial charge in [-0.25, -0.2) is 4.99 Å². The van der Waals surface area contributed by atoms with Crippen molar-refractivity contribution < 1.29 is 19.1 Å². The van der Waals surface area contributed by atoms with Gasteiger partial charge in [0.15, 0.2) is 5.96 Å². The van der Waals surface area contributed by atoms with E-state index >= 15 is 0 Å². The lowest BCUT2D eigenvalue weighted by atomic mass is 9.99. The number of nitrogens with two attached hydrogens (primary N) is 2. The number of guanidine groups is 1. The molecule has 0 radical (unpaired) electrons. The van der Waals surface area contributed by atoms with Crippen molar-refractivity contribution in [1.82, 2.24) is 10.6 Å². The topological polar surface area (TPSA) is 149 Å². The average Bonchev–Trinajstić information content (AvgIpc) is 2.70. The van der Waals surface area contributed by atoms with Gasteiger partial charge in [-0.15, -0.1) is 0 Å². The highest BCUT2D eigenvalue weighted by Gasteiger charge is 2.20. The number of benzene rings is 2. The summed E-state index contributed by atoms with van der Waals surface area (Å²) in [6.07, 6.45) is -0.0169. The number of carbonyl (C=O) groups is 3. The summed E-state index contributed by atoms with van der Waals surface area (Å²) < 4.78 is 5.04. The zero-order chi connectivity index (χ0) is 23.7. The fraction of sp³-hybridized carbons (Fsp3) is 0.304. The van der Waals surface area contributed by atoms with Crippen molar-refractivity contribution in [2.24, 2.45) is 16.5 Å². The maximum atomic E-state index is 12.6. The molecular formula is C23H29N5O4. The Labute approximate surface area is 187 Å². The molecule has 1 atom stereocenters. The van der Waals surface area contributed by atoms with E-state index < -0.39 is 23.8 Å². The van der Waals surface area contributed by atoms with E-state index in [0.29, 0.717) is 11.3 Å². The van der Waals surface area contributed by atoms with Crippen LogP contribution in [0, 0.1) is 13.8 Å². The summed E-state index contributed by atoms with van der Waals surface area (Å²) in [5.41, 5.74) is 14.3. The molecule has 0 aliphatic carbocycles.